The zero-order valence-electron chi connectivity index (χ0n) is 15.2. The van der Waals surface area contributed by atoms with E-state index >= 15 is 0 Å². The van der Waals surface area contributed by atoms with Crippen molar-refractivity contribution < 1.29 is 25.5 Å². The number of hydrogen-bond donors (Lipinski definition) is 5. The van der Waals surface area contributed by atoms with Crippen molar-refractivity contribution in [3.63, 3.8) is 0 Å². The Morgan fingerprint density at radius 1 is 0.828 bits per heavy atom. The molecule has 9 heteroatoms. The molecule has 0 saturated heterocycles. The third kappa shape index (κ3) is 3.35. The lowest BCUT2D eigenvalue weighted by molar-refractivity contribution is -0.118. The van der Waals surface area contributed by atoms with Crippen LogP contribution in [0.5, 0.6) is 0 Å². The number of aliphatic hydroxyl groups is 5. The van der Waals surface area contributed by atoms with Crippen LogP contribution in [0.4, 0.5) is 0 Å². The molecule has 2 aromatic carbocycles. The van der Waals surface area contributed by atoms with E-state index in [-0.39, 0.29) is 5.82 Å². The molecule has 0 bridgehead atoms. The van der Waals surface area contributed by atoms with Gasteiger partial charge in [0.05, 0.1) is 17.6 Å². The van der Waals surface area contributed by atoms with Crippen molar-refractivity contribution in [2.75, 3.05) is 6.61 Å². The normalized spacial score (nSPS) is 16.0. The molecule has 5 N–H and O–H groups in total. The average Bonchev–Trinajstić information content (AvgIpc) is 3.22. The highest BCUT2D eigenvalue weighted by atomic mass is 16.4. The average molecular weight is 396 g/mol. The molecule has 4 aromatic rings. The number of fused-ring (bicyclic) bond motifs is 3. The molecule has 0 saturated carbocycles. The highest BCUT2D eigenvalue weighted by molar-refractivity contribution is 5.85. The maximum Gasteiger partial charge on any atom is 0.188 e. The Hall–Kier alpha value is -2.95. The minimum Gasteiger partial charge on any atom is -0.394 e. The number of para-hydroxylation sites is 2. The first-order valence-corrected chi connectivity index (χ1v) is 9.05. The van der Waals surface area contributed by atoms with Gasteiger partial charge in [-0.2, -0.15) is 0 Å². The molecule has 2 heterocycles. The summed E-state index contributed by atoms with van der Waals surface area (Å²) in [6, 6.07) is 16.6. The van der Waals surface area contributed by atoms with Crippen LogP contribution in [0.3, 0.4) is 0 Å². The zero-order valence-corrected chi connectivity index (χ0v) is 15.2. The first-order chi connectivity index (χ1) is 14.0. The van der Waals surface area contributed by atoms with E-state index in [1.54, 1.807) is 22.6 Å². The quantitative estimate of drug-likeness (QED) is 0.308. The molecule has 9 nitrogen and oxygen atoms in total. The molecule has 0 fully saturated rings. The van der Waals surface area contributed by atoms with Gasteiger partial charge in [-0.3, -0.25) is 4.40 Å². The second-order valence-electron chi connectivity index (χ2n) is 6.71. The summed E-state index contributed by atoms with van der Waals surface area (Å²) >= 11 is 0. The third-order valence-electron chi connectivity index (χ3n) is 4.82. The smallest absolute Gasteiger partial charge is 0.188 e. The van der Waals surface area contributed by atoms with Gasteiger partial charge in [0.2, 0.25) is 0 Å². The van der Waals surface area contributed by atoms with Crippen molar-refractivity contribution in [1.82, 2.24) is 19.6 Å². The summed E-state index contributed by atoms with van der Waals surface area (Å²) in [5, 5.41) is 57.7. The van der Waals surface area contributed by atoms with E-state index < -0.39 is 31.0 Å². The summed E-state index contributed by atoms with van der Waals surface area (Å²) in [7, 11) is 0. The highest BCUT2D eigenvalue weighted by Gasteiger charge is 2.34. The van der Waals surface area contributed by atoms with Crippen molar-refractivity contribution in [2.24, 2.45) is 0 Å². The van der Waals surface area contributed by atoms with Gasteiger partial charge in [-0.15, -0.1) is 10.2 Å². The molecule has 0 amide bonds. The Morgan fingerprint density at radius 3 is 2.24 bits per heavy atom. The Morgan fingerprint density at radius 2 is 1.52 bits per heavy atom. The largest absolute Gasteiger partial charge is 0.394 e. The van der Waals surface area contributed by atoms with E-state index in [4.69, 9.17) is 5.11 Å². The monoisotopic (exact) mass is 396 g/mol. The molecule has 0 aliphatic carbocycles. The lowest BCUT2D eigenvalue weighted by Crippen LogP contribution is -2.43. The Kier molecular flexibility index (Phi) is 5.22. The van der Waals surface area contributed by atoms with Gasteiger partial charge in [0.1, 0.15) is 30.1 Å². The number of nitrogens with zero attached hydrogens (tertiary/aromatic N) is 4. The van der Waals surface area contributed by atoms with Crippen molar-refractivity contribution >= 4 is 16.7 Å². The Labute approximate surface area is 165 Å². The van der Waals surface area contributed by atoms with Gasteiger partial charge in [-0.25, -0.2) is 4.98 Å². The summed E-state index contributed by atoms with van der Waals surface area (Å²) in [5.41, 5.74) is 2.94. The van der Waals surface area contributed by atoms with E-state index in [2.05, 4.69) is 15.2 Å². The number of aliphatic hydroxyl groups excluding tert-OH is 5. The van der Waals surface area contributed by atoms with E-state index in [0.717, 1.165) is 5.56 Å². The fraction of sp³-hybridized carbons (Fsp3) is 0.250. The van der Waals surface area contributed by atoms with Crippen molar-refractivity contribution in [2.45, 2.75) is 24.4 Å². The molecule has 4 atom stereocenters. The molecule has 29 heavy (non-hydrogen) atoms. The maximum atomic E-state index is 10.7. The number of benzene rings is 2. The molecule has 4 rings (SSSR count). The predicted molar refractivity (Wildman–Crippen MR) is 104 cm³/mol. The van der Waals surface area contributed by atoms with Crippen LogP contribution in [0.2, 0.25) is 0 Å². The SMILES string of the molecule is OC[C@@H](O)[C@@H](O)[C@H](O)C(O)c1nnc2c(-c3ccccc3)nc3ccccc3n12. The third-order valence-corrected chi connectivity index (χ3v) is 4.82. The van der Waals surface area contributed by atoms with E-state index in [1.807, 2.05) is 36.4 Å². The summed E-state index contributed by atoms with van der Waals surface area (Å²) in [6.45, 7) is -0.767. The number of aromatic nitrogens is 4. The van der Waals surface area contributed by atoms with E-state index in [0.29, 0.717) is 22.4 Å². The van der Waals surface area contributed by atoms with Gasteiger partial charge in [-0.1, -0.05) is 42.5 Å². The molecule has 150 valence electrons. The minimum absolute atomic E-state index is 0.0209. The lowest BCUT2D eigenvalue weighted by atomic mass is 10.0. The summed E-state index contributed by atoms with van der Waals surface area (Å²) in [6.07, 6.45) is -6.85. The lowest BCUT2D eigenvalue weighted by Gasteiger charge is -2.24. The fourth-order valence-electron chi connectivity index (χ4n) is 3.26. The second-order valence-corrected chi connectivity index (χ2v) is 6.71. The second kappa shape index (κ2) is 7.82. The first kappa shape index (κ1) is 19.4. The molecule has 0 aliphatic heterocycles. The van der Waals surface area contributed by atoms with Crippen LogP contribution in [0.1, 0.15) is 11.9 Å². The molecular weight excluding hydrogens is 376 g/mol. The molecule has 1 unspecified atom stereocenters. The van der Waals surface area contributed by atoms with Crippen LogP contribution >= 0.6 is 0 Å². The van der Waals surface area contributed by atoms with Crippen LogP contribution in [0.25, 0.3) is 27.9 Å². The summed E-state index contributed by atoms with van der Waals surface area (Å²) < 4.78 is 1.57. The van der Waals surface area contributed by atoms with Gasteiger partial charge < -0.3 is 25.5 Å². The van der Waals surface area contributed by atoms with Crippen LogP contribution in [-0.4, -0.2) is 70.0 Å². The van der Waals surface area contributed by atoms with Gasteiger partial charge in [0.25, 0.3) is 0 Å². The Balaban J connectivity index is 1.92. The van der Waals surface area contributed by atoms with Crippen molar-refractivity contribution in [1.29, 1.82) is 0 Å². The first-order valence-electron chi connectivity index (χ1n) is 9.05. The predicted octanol–water partition coefficient (Wildman–Crippen LogP) is 0.0529. The van der Waals surface area contributed by atoms with Gasteiger partial charge in [0, 0.05) is 5.56 Å². The standard InChI is InChI=1S/C20H20N4O5/c25-10-14(26)16(27)17(28)18(29)20-23-22-19-15(11-6-2-1-3-7-11)21-12-8-4-5-9-13(12)24(19)20/h1-9,14,16-18,25-29H,10H2/t14-,16-,17+,18?/m1/s1. The van der Waals surface area contributed by atoms with Crippen LogP contribution in [-0.2, 0) is 0 Å². The van der Waals surface area contributed by atoms with Gasteiger partial charge in [0.15, 0.2) is 11.5 Å². The van der Waals surface area contributed by atoms with E-state index in [9.17, 15) is 20.4 Å². The van der Waals surface area contributed by atoms with E-state index in [1.165, 1.54) is 0 Å². The minimum atomic E-state index is -1.79. The van der Waals surface area contributed by atoms with Crippen LogP contribution in [0.15, 0.2) is 54.6 Å². The van der Waals surface area contributed by atoms with Gasteiger partial charge >= 0.3 is 0 Å². The molecule has 0 spiro atoms. The zero-order chi connectivity index (χ0) is 20.5. The topological polar surface area (TPSA) is 144 Å². The highest BCUT2D eigenvalue weighted by Crippen LogP contribution is 2.29. The summed E-state index contributed by atoms with van der Waals surface area (Å²) in [5.74, 6) is -0.0209. The van der Waals surface area contributed by atoms with Crippen LogP contribution < -0.4 is 0 Å². The molecule has 0 aliphatic rings. The number of rotatable bonds is 6. The molecular formula is C20H20N4O5. The Bertz CT molecular complexity index is 1130. The van der Waals surface area contributed by atoms with Crippen molar-refractivity contribution in [3.05, 3.63) is 60.4 Å². The van der Waals surface area contributed by atoms with Gasteiger partial charge in [-0.05, 0) is 12.1 Å². The molecule has 2 aromatic heterocycles. The van der Waals surface area contributed by atoms with Crippen molar-refractivity contribution in [3.8, 4) is 11.3 Å². The number of hydrogen-bond acceptors (Lipinski definition) is 8. The van der Waals surface area contributed by atoms with Crippen LogP contribution in [0, 0.1) is 0 Å². The maximum absolute atomic E-state index is 10.7. The summed E-state index contributed by atoms with van der Waals surface area (Å²) in [4.78, 5) is 4.68. The fourth-order valence-corrected chi connectivity index (χ4v) is 3.26. The molecule has 0 radical (unpaired) electrons.